The first-order valence-corrected chi connectivity index (χ1v) is 10.5. The molecule has 2 aromatic carbocycles. The lowest BCUT2D eigenvalue weighted by Crippen LogP contribution is -2.18. The molecule has 4 rings (SSSR count). The van der Waals surface area contributed by atoms with Crippen molar-refractivity contribution >= 4 is 11.9 Å². The van der Waals surface area contributed by atoms with Gasteiger partial charge in [-0.15, -0.1) is 0 Å². The summed E-state index contributed by atoms with van der Waals surface area (Å²) in [5, 5.41) is 4.59. The summed E-state index contributed by atoms with van der Waals surface area (Å²) in [6.07, 6.45) is -0.484. The van der Waals surface area contributed by atoms with E-state index in [1.54, 1.807) is 42.5 Å². The molecule has 1 aliphatic rings. The van der Waals surface area contributed by atoms with Gasteiger partial charge < -0.3 is 28.4 Å². The zero-order valence-electron chi connectivity index (χ0n) is 19.0. The molecule has 0 spiro atoms. The van der Waals surface area contributed by atoms with Crippen LogP contribution in [0.1, 0.15) is 20.8 Å². The van der Waals surface area contributed by atoms with Crippen LogP contribution in [0.5, 0.6) is 11.5 Å². The van der Waals surface area contributed by atoms with Crippen LogP contribution in [-0.4, -0.2) is 69.2 Å². The van der Waals surface area contributed by atoms with Crippen LogP contribution in [0.3, 0.4) is 0 Å². The van der Waals surface area contributed by atoms with Crippen LogP contribution in [0.2, 0.25) is 0 Å². The number of carbonyl (C=O) groups is 2. The second-order valence-corrected chi connectivity index (χ2v) is 7.15. The smallest absolute Gasteiger partial charge is 0.357 e. The van der Waals surface area contributed by atoms with Crippen molar-refractivity contribution in [1.29, 1.82) is 0 Å². The van der Waals surface area contributed by atoms with Crippen molar-refractivity contribution in [3.63, 3.8) is 0 Å². The van der Waals surface area contributed by atoms with Crippen molar-refractivity contribution in [2.24, 2.45) is 0 Å². The average molecular weight is 468 g/mol. The predicted octanol–water partition coefficient (Wildman–Crippen LogP) is 2.87. The molecule has 0 amide bonds. The highest BCUT2D eigenvalue weighted by atomic mass is 16.7. The molecule has 0 radical (unpaired) electrons. The van der Waals surface area contributed by atoms with E-state index in [2.05, 4.69) is 5.10 Å². The highest BCUT2D eigenvalue weighted by Gasteiger charge is 2.31. The van der Waals surface area contributed by atoms with E-state index < -0.39 is 18.2 Å². The second-order valence-electron chi connectivity index (χ2n) is 7.15. The molecule has 0 bridgehead atoms. The number of benzene rings is 2. The van der Waals surface area contributed by atoms with E-state index >= 15 is 0 Å². The lowest BCUT2D eigenvalue weighted by atomic mass is 10.0. The summed E-state index contributed by atoms with van der Waals surface area (Å²) in [5.41, 5.74) is 1.21. The summed E-state index contributed by atoms with van der Waals surface area (Å²) in [4.78, 5) is 25.6. The Labute approximate surface area is 195 Å². The molecular formula is C24H24N2O8. The summed E-state index contributed by atoms with van der Waals surface area (Å²) in [5.74, 6) is -0.604. The third kappa shape index (κ3) is 4.59. The first kappa shape index (κ1) is 23.3. The SMILES string of the molecule is COC(=O)c1c(-c2ccc(OC)c(OCC3OCCO3)c2)nn(-c2ccccc2)c1C(=O)OC. The van der Waals surface area contributed by atoms with Crippen LogP contribution in [0, 0.1) is 0 Å². The van der Waals surface area contributed by atoms with Gasteiger partial charge in [0.25, 0.3) is 0 Å². The maximum Gasteiger partial charge on any atom is 0.357 e. The van der Waals surface area contributed by atoms with Gasteiger partial charge in [0.1, 0.15) is 17.9 Å². The minimum absolute atomic E-state index is 0.0308. The minimum atomic E-state index is -0.733. The van der Waals surface area contributed by atoms with Gasteiger partial charge in [0, 0.05) is 5.56 Å². The molecule has 0 aliphatic carbocycles. The fraction of sp³-hybridized carbons (Fsp3) is 0.292. The Morgan fingerprint density at radius 2 is 1.68 bits per heavy atom. The summed E-state index contributed by atoms with van der Waals surface area (Å²) in [7, 11) is 3.99. The van der Waals surface area contributed by atoms with Gasteiger partial charge in [0.05, 0.1) is 40.2 Å². The normalized spacial score (nSPS) is 13.5. The fourth-order valence-corrected chi connectivity index (χ4v) is 3.55. The number of aromatic nitrogens is 2. The summed E-state index contributed by atoms with van der Waals surface area (Å²) in [6, 6.07) is 14.0. The molecule has 34 heavy (non-hydrogen) atoms. The molecule has 0 atom stereocenters. The zero-order valence-corrected chi connectivity index (χ0v) is 19.0. The third-order valence-electron chi connectivity index (χ3n) is 5.16. The third-order valence-corrected chi connectivity index (χ3v) is 5.16. The minimum Gasteiger partial charge on any atom is -0.493 e. The van der Waals surface area contributed by atoms with Crippen LogP contribution >= 0.6 is 0 Å². The van der Waals surface area contributed by atoms with Gasteiger partial charge in [-0.1, -0.05) is 18.2 Å². The van der Waals surface area contributed by atoms with Crippen LogP contribution in [0.25, 0.3) is 16.9 Å². The number of rotatable bonds is 8. The van der Waals surface area contributed by atoms with E-state index in [0.717, 1.165) is 0 Å². The highest BCUT2D eigenvalue weighted by Crippen LogP contribution is 2.35. The van der Waals surface area contributed by atoms with Crippen LogP contribution < -0.4 is 9.47 Å². The van der Waals surface area contributed by atoms with Gasteiger partial charge in [-0.2, -0.15) is 5.10 Å². The van der Waals surface area contributed by atoms with E-state index in [0.29, 0.717) is 36.0 Å². The van der Waals surface area contributed by atoms with Crippen molar-refractivity contribution in [3.05, 3.63) is 59.8 Å². The van der Waals surface area contributed by atoms with E-state index in [-0.39, 0.29) is 23.6 Å². The van der Waals surface area contributed by atoms with Gasteiger partial charge in [0.2, 0.25) is 0 Å². The number of carbonyl (C=O) groups excluding carboxylic acids is 2. The van der Waals surface area contributed by atoms with Gasteiger partial charge in [-0.05, 0) is 30.3 Å². The van der Waals surface area contributed by atoms with E-state index in [9.17, 15) is 9.59 Å². The molecule has 3 aromatic rings. The van der Waals surface area contributed by atoms with Crippen LogP contribution in [0.15, 0.2) is 48.5 Å². The van der Waals surface area contributed by atoms with Gasteiger partial charge in [-0.25, -0.2) is 14.3 Å². The quantitative estimate of drug-likeness (QED) is 0.461. The molecule has 1 aromatic heterocycles. The Hall–Kier alpha value is -3.89. The molecule has 1 aliphatic heterocycles. The Bertz CT molecular complexity index is 1170. The maximum atomic E-state index is 12.8. The predicted molar refractivity (Wildman–Crippen MR) is 119 cm³/mol. The highest BCUT2D eigenvalue weighted by molar-refractivity contribution is 6.06. The molecule has 1 saturated heterocycles. The van der Waals surface area contributed by atoms with E-state index in [1.165, 1.54) is 26.0 Å². The monoisotopic (exact) mass is 468 g/mol. The van der Waals surface area contributed by atoms with Crippen LogP contribution in [0.4, 0.5) is 0 Å². The number of ether oxygens (including phenoxy) is 6. The van der Waals surface area contributed by atoms with Crippen molar-refractivity contribution in [1.82, 2.24) is 9.78 Å². The molecule has 0 saturated carbocycles. The van der Waals surface area contributed by atoms with Crippen molar-refractivity contribution in [3.8, 4) is 28.4 Å². The Morgan fingerprint density at radius 1 is 0.971 bits per heavy atom. The topological polar surface area (TPSA) is 107 Å². The lowest BCUT2D eigenvalue weighted by Gasteiger charge is -2.14. The van der Waals surface area contributed by atoms with Crippen molar-refractivity contribution in [2.75, 3.05) is 41.2 Å². The Kier molecular flexibility index (Phi) is 7.09. The number of hydrogen-bond acceptors (Lipinski definition) is 9. The largest absolute Gasteiger partial charge is 0.493 e. The summed E-state index contributed by atoms with van der Waals surface area (Å²) in [6.45, 7) is 1.15. The summed E-state index contributed by atoms with van der Waals surface area (Å²) >= 11 is 0. The number of nitrogens with zero attached hydrogens (tertiary/aromatic N) is 2. The number of esters is 2. The van der Waals surface area contributed by atoms with Crippen molar-refractivity contribution < 1.29 is 38.0 Å². The van der Waals surface area contributed by atoms with E-state index in [1.807, 2.05) is 6.07 Å². The van der Waals surface area contributed by atoms with E-state index in [4.69, 9.17) is 28.4 Å². The zero-order chi connectivity index (χ0) is 24.1. The molecule has 2 heterocycles. The van der Waals surface area contributed by atoms with Gasteiger partial charge in [-0.3, -0.25) is 0 Å². The fourth-order valence-electron chi connectivity index (χ4n) is 3.55. The lowest BCUT2D eigenvalue weighted by molar-refractivity contribution is -0.0687. The second kappa shape index (κ2) is 10.4. The van der Waals surface area contributed by atoms with Crippen LogP contribution in [-0.2, 0) is 18.9 Å². The molecule has 1 fully saturated rings. The molecule has 0 N–H and O–H groups in total. The standard InChI is InChI=1S/C24H24N2O8/c1-29-17-10-9-15(13-18(17)34-14-19-32-11-12-33-19)21-20(23(27)30-2)22(24(28)31-3)26(25-21)16-7-5-4-6-8-16/h4-10,13,19H,11-12,14H2,1-3H3. The summed E-state index contributed by atoms with van der Waals surface area (Å²) < 4.78 is 33.4. The first-order chi connectivity index (χ1) is 16.6. The van der Waals surface area contributed by atoms with Gasteiger partial charge >= 0.3 is 11.9 Å². The number of methoxy groups -OCH3 is 3. The Morgan fingerprint density at radius 3 is 2.32 bits per heavy atom. The maximum absolute atomic E-state index is 12.8. The average Bonchev–Trinajstić information content (AvgIpc) is 3.55. The van der Waals surface area contributed by atoms with Crippen molar-refractivity contribution in [2.45, 2.75) is 6.29 Å². The first-order valence-electron chi connectivity index (χ1n) is 10.5. The molecule has 10 heteroatoms. The number of hydrogen-bond donors (Lipinski definition) is 0. The van der Waals surface area contributed by atoms with Gasteiger partial charge in [0.15, 0.2) is 23.5 Å². The Balaban J connectivity index is 1.84. The molecule has 10 nitrogen and oxygen atoms in total. The number of para-hydroxylation sites is 1. The molecule has 0 unspecified atom stereocenters. The molecule has 178 valence electrons. The molecular weight excluding hydrogens is 444 g/mol.